The Morgan fingerprint density at radius 1 is 1.04 bits per heavy atom. The average molecular weight is 378 g/mol. The minimum Gasteiger partial charge on any atom is -0.383 e. The van der Waals surface area contributed by atoms with Gasteiger partial charge in [0, 0.05) is 41.7 Å². The highest BCUT2D eigenvalue weighted by molar-refractivity contribution is 7.21. The SMILES string of the molecule is CC[N+](CC)=c1ccc2nc3c(cc(NCCN)c4ccccc43)sc-2c1. The van der Waals surface area contributed by atoms with Crippen molar-refractivity contribution < 1.29 is 0 Å². The van der Waals surface area contributed by atoms with Gasteiger partial charge in [0.2, 0.25) is 5.36 Å². The van der Waals surface area contributed by atoms with Crippen molar-refractivity contribution in [3.05, 3.63) is 53.9 Å². The molecule has 1 aliphatic carbocycles. The highest BCUT2D eigenvalue weighted by atomic mass is 32.1. The molecule has 0 saturated heterocycles. The van der Waals surface area contributed by atoms with Gasteiger partial charge in [-0.05, 0) is 26.0 Å². The van der Waals surface area contributed by atoms with E-state index >= 15 is 0 Å². The van der Waals surface area contributed by atoms with Crippen molar-refractivity contribution in [1.82, 2.24) is 9.56 Å². The zero-order valence-electron chi connectivity index (χ0n) is 15.8. The van der Waals surface area contributed by atoms with E-state index in [0.29, 0.717) is 6.54 Å². The van der Waals surface area contributed by atoms with Gasteiger partial charge in [0.05, 0.1) is 20.8 Å². The lowest BCUT2D eigenvalue weighted by molar-refractivity contribution is 0.626. The molecule has 0 radical (unpaired) electrons. The van der Waals surface area contributed by atoms with Crippen molar-refractivity contribution in [3.8, 4) is 10.6 Å². The first kappa shape index (κ1) is 17.9. The molecule has 0 atom stereocenters. The van der Waals surface area contributed by atoms with Gasteiger partial charge in [0.25, 0.3) is 0 Å². The van der Waals surface area contributed by atoms with E-state index in [2.05, 4.69) is 72.3 Å². The normalized spacial score (nSPS) is 11.4. The van der Waals surface area contributed by atoms with Crippen LogP contribution >= 0.6 is 11.3 Å². The molecule has 1 aliphatic heterocycles. The topological polar surface area (TPSA) is 54.0 Å². The Bertz CT molecular complexity index is 1140. The Morgan fingerprint density at radius 3 is 2.56 bits per heavy atom. The van der Waals surface area contributed by atoms with Crippen molar-refractivity contribution in [2.24, 2.45) is 5.73 Å². The molecule has 0 spiro atoms. The molecule has 1 heterocycles. The van der Waals surface area contributed by atoms with Crippen LogP contribution in [0.4, 0.5) is 5.69 Å². The average Bonchev–Trinajstić information content (AvgIpc) is 2.71. The molecule has 3 N–H and O–H groups in total. The van der Waals surface area contributed by atoms with Gasteiger partial charge in [-0.2, -0.15) is 0 Å². The van der Waals surface area contributed by atoms with Crippen LogP contribution < -0.4 is 21.0 Å². The van der Waals surface area contributed by atoms with Crippen LogP contribution in [0.25, 0.3) is 31.6 Å². The Hall–Kier alpha value is -2.50. The highest BCUT2D eigenvalue weighted by Gasteiger charge is 2.13. The second-order valence-electron chi connectivity index (χ2n) is 6.57. The molecule has 4 rings (SSSR count). The smallest absolute Gasteiger partial charge is 0.201 e. The minimum absolute atomic E-state index is 0.610. The fraction of sp³-hybridized carbons (Fsp3) is 0.273. The van der Waals surface area contributed by atoms with Crippen LogP contribution in [-0.2, 0) is 0 Å². The Labute approximate surface area is 163 Å². The summed E-state index contributed by atoms with van der Waals surface area (Å²) in [7, 11) is 0. The number of nitrogens with two attached hydrogens (primary N) is 1. The van der Waals surface area contributed by atoms with Gasteiger partial charge in [0.15, 0.2) is 0 Å². The van der Waals surface area contributed by atoms with Gasteiger partial charge >= 0.3 is 0 Å². The number of anilines is 1. The zero-order chi connectivity index (χ0) is 18.8. The number of nitrogens with zero attached hydrogens (tertiary/aromatic N) is 2. The summed E-state index contributed by atoms with van der Waals surface area (Å²) in [6.45, 7) is 7.76. The Kier molecular flexibility index (Phi) is 5.05. The quantitative estimate of drug-likeness (QED) is 0.316. The van der Waals surface area contributed by atoms with Crippen LogP contribution in [0.3, 0.4) is 0 Å². The number of hydrogen-bond donors (Lipinski definition) is 2. The Balaban J connectivity index is 2.02. The molecular weight excluding hydrogens is 352 g/mol. The summed E-state index contributed by atoms with van der Waals surface area (Å²) in [6.07, 6.45) is 0. The van der Waals surface area contributed by atoms with Crippen molar-refractivity contribution in [3.63, 3.8) is 0 Å². The van der Waals surface area contributed by atoms with E-state index in [1.807, 2.05) is 0 Å². The summed E-state index contributed by atoms with van der Waals surface area (Å²) in [5.41, 5.74) is 8.95. The molecule has 5 heteroatoms. The highest BCUT2D eigenvalue weighted by Crippen LogP contribution is 2.37. The first-order chi connectivity index (χ1) is 13.2. The number of fused-ring (bicyclic) bond motifs is 4. The second kappa shape index (κ2) is 7.62. The second-order valence-corrected chi connectivity index (χ2v) is 7.65. The van der Waals surface area contributed by atoms with Gasteiger partial charge in [0.1, 0.15) is 13.1 Å². The molecule has 0 bridgehead atoms. The van der Waals surface area contributed by atoms with Crippen LogP contribution in [0, 0.1) is 0 Å². The maximum Gasteiger partial charge on any atom is 0.201 e. The zero-order valence-corrected chi connectivity index (χ0v) is 16.6. The lowest BCUT2D eigenvalue weighted by Gasteiger charge is -2.13. The Morgan fingerprint density at radius 2 is 1.81 bits per heavy atom. The van der Waals surface area contributed by atoms with E-state index in [1.165, 1.54) is 25.7 Å². The van der Waals surface area contributed by atoms with Crippen LogP contribution in [0.5, 0.6) is 0 Å². The number of benzene rings is 3. The molecule has 0 amide bonds. The molecule has 2 aliphatic rings. The third-order valence-corrected chi connectivity index (χ3v) is 6.04. The minimum atomic E-state index is 0.610. The van der Waals surface area contributed by atoms with E-state index in [4.69, 9.17) is 10.7 Å². The molecule has 0 aromatic heterocycles. The molecule has 0 saturated carbocycles. The van der Waals surface area contributed by atoms with Crippen LogP contribution in [0.2, 0.25) is 0 Å². The van der Waals surface area contributed by atoms with E-state index < -0.39 is 0 Å². The van der Waals surface area contributed by atoms with Crippen LogP contribution in [0.1, 0.15) is 13.8 Å². The van der Waals surface area contributed by atoms with E-state index in [-0.39, 0.29) is 0 Å². The predicted octanol–water partition coefficient (Wildman–Crippen LogP) is 3.74. The van der Waals surface area contributed by atoms with Crippen molar-refractivity contribution in [2.45, 2.75) is 13.8 Å². The summed E-state index contributed by atoms with van der Waals surface area (Å²) < 4.78 is 3.56. The molecule has 0 fully saturated rings. The first-order valence-corrected chi connectivity index (χ1v) is 10.3. The maximum atomic E-state index is 5.70. The summed E-state index contributed by atoms with van der Waals surface area (Å²) in [4.78, 5) is 6.23. The summed E-state index contributed by atoms with van der Waals surface area (Å²) in [6, 6.07) is 17.3. The summed E-state index contributed by atoms with van der Waals surface area (Å²) >= 11 is 1.81. The third kappa shape index (κ3) is 3.29. The molecule has 2 aromatic carbocycles. The van der Waals surface area contributed by atoms with Crippen molar-refractivity contribution >= 4 is 38.0 Å². The number of hydrogen-bond acceptors (Lipinski definition) is 4. The first-order valence-electron chi connectivity index (χ1n) is 9.53. The van der Waals surface area contributed by atoms with Gasteiger partial charge in [-0.1, -0.05) is 24.3 Å². The monoisotopic (exact) mass is 377 g/mol. The van der Waals surface area contributed by atoms with Gasteiger partial charge in [-0.15, -0.1) is 11.3 Å². The lowest BCUT2D eigenvalue weighted by atomic mass is 10.1. The molecule has 4 nitrogen and oxygen atoms in total. The fourth-order valence-electron chi connectivity index (χ4n) is 3.58. The van der Waals surface area contributed by atoms with Crippen molar-refractivity contribution in [1.29, 1.82) is 0 Å². The van der Waals surface area contributed by atoms with E-state index in [1.54, 1.807) is 11.3 Å². The molecule has 138 valence electrons. The standard InChI is InChI=1S/C22H24N4S/c1-3-26(4-2)15-9-10-18-20(13-15)27-21-14-19(24-12-11-23)16-7-5-6-8-17(16)22(21)25-18/h5-10,13-14H,3-4,11-12,23H2,1-2H3/p+1. The van der Waals surface area contributed by atoms with Gasteiger partial charge < -0.3 is 11.1 Å². The van der Waals surface area contributed by atoms with Gasteiger partial charge in [-0.3, -0.25) is 0 Å². The van der Waals surface area contributed by atoms with E-state index in [9.17, 15) is 0 Å². The molecule has 0 unspecified atom stereocenters. The van der Waals surface area contributed by atoms with Gasteiger partial charge in [-0.25, -0.2) is 9.56 Å². The third-order valence-electron chi connectivity index (χ3n) is 4.97. The summed E-state index contributed by atoms with van der Waals surface area (Å²) in [5, 5.41) is 7.10. The van der Waals surface area contributed by atoms with Crippen LogP contribution in [0.15, 0.2) is 48.5 Å². The largest absolute Gasteiger partial charge is 0.383 e. The lowest BCUT2D eigenvalue weighted by Crippen LogP contribution is -2.29. The molecule has 27 heavy (non-hydrogen) atoms. The molecular formula is C22H25N4S+. The maximum absolute atomic E-state index is 5.70. The number of rotatable bonds is 5. The van der Waals surface area contributed by atoms with Crippen molar-refractivity contribution in [2.75, 3.05) is 31.5 Å². The summed E-state index contributed by atoms with van der Waals surface area (Å²) in [5.74, 6) is 0. The molecule has 2 aromatic rings. The fourth-order valence-corrected chi connectivity index (χ4v) is 4.65. The van der Waals surface area contributed by atoms with Crippen LogP contribution in [-0.4, -0.2) is 31.2 Å². The predicted molar refractivity (Wildman–Crippen MR) is 118 cm³/mol. The number of nitrogens with one attached hydrogen (secondary N) is 1. The number of aromatic nitrogens is 1. The van der Waals surface area contributed by atoms with E-state index in [0.717, 1.165) is 36.5 Å².